The minimum Gasteiger partial charge on any atom is -0.465 e. The van der Waals surface area contributed by atoms with Gasteiger partial charge in [-0.15, -0.1) is 0 Å². The van der Waals surface area contributed by atoms with Crippen LogP contribution >= 0.6 is 11.6 Å². The second-order valence-corrected chi connectivity index (χ2v) is 4.99. The van der Waals surface area contributed by atoms with Crippen LogP contribution in [0.25, 0.3) is 0 Å². The molecule has 1 atom stereocenters. The maximum absolute atomic E-state index is 10.8. The molecule has 20 heavy (non-hydrogen) atoms. The number of nitrogens with zero attached hydrogens (tertiary/aromatic N) is 1. The average Bonchev–Trinajstić information content (AvgIpc) is 2.84. The van der Waals surface area contributed by atoms with Gasteiger partial charge >= 0.3 is 0 Å². The highest BCUT2D eigenvalue weighted by molar-refractivity contribution is 6.31. The monoisotopic (exact) mass is 294 g/mol. The molecule has 0 radical (unpaired) electrons. The fraction of sp³-hybridized carbons (Fsp3) is 0.286. The highest BCUT2D eigenvalue weighted by Gasteiger charge is 2.12. The zero-order valence-electron chi connectivity index (χ0n) is 11.2. The molecule has 0 fully saturated rings. The van der Waals surface area contributed by atoms with Crippen LogP contribution in [0.1, 0.15) is 30.0 Å². The van der Waals surface area contributed by atoms with Crippen LogP contribution in [0.3, 0.4) is 0 Å². The van der Waals surface area contributed by atoms with Crippen molar-refractivity contribution in [1.29, 1.82) is 0 Å². The molecule has 1 aromatic carbocycles. The van der Waals surface area contributed by atoms with E-state index in [1.807, 2.05) is 26.0 Å². The standard InChI is InChI=1S/C14H15ClN2O3/c1-9-3-6-14(20-9)10(2)16-8-11-7-12(17(18)19)4-5-13(11)15/h3-7,10,16H,8H2,1-2H3. The van der Waals surface area contributed by atoms with Crippen molar-refractivity contribution in [3.8, 4) is 0 Å². The summed E-state index contributed by atoms with van der Waals surface area (Å²) in [6.07, 6.45) is 0. The Morgan fingerprint density at radius 1 is 1.40 bits per heavy atom. The van der Waals surface area contributed by atoms with E-state index in [1.54, 1.807) is 6.07 Å². The summed E-state index contributed by atoms with van der Waals surface area (Å²) in [4.78, 5) is 10.3. The molecule has 1 aromatic heterocycles. The SMILES string of the molecule is Cc1ccc(C(C)NCc2cc([N+](=O)[O-])ccc2Cl)o1. The Morgan fingerprint density at radius 3 is 2.75 bits per heavy atom. The molecule has 106 valence electrons. The Morgan fingerprint density at radius 2 is 2.15 bits per heavy atom. The van der Waals surface area contributed by atoms with E-state index in [0.29, 0.717) is 17.1 Å². The van der Waals surface area contributed by atoms with Crippen LogP contribution in [0.2, 0.25) is 5.02 Å². The van der Waals surface area contributed by atoms with Gasteiger partial charge in [0.2, 0.25) is 0 Å². The molecule has 0 aliphatic carbocycles. The van der Waals surface area contributed by atoms with E-state index in [0.717, 1.165) is 11.5 Å². The number of aryl methyl sites for hydroxylation is 1. The predicted octanol–water partition coefficient (Wildman–Crippen LogP) is 4.00. The van der Waals surface area contributed by atoms with Gasteiger partial charge in [-0.25, -0.2) is 0 Å². The van der Waals surface area contributed by atoms with Crippen molar-refractivity contribution < 1.29 is 9.34 Å². The molecule has 0 bridgehead atoms. The molecule has 2 aromatic rings. The maximum Gasteiger partial charge on any atom is 0.269 e. The number of hydrogen-bond acceptors (Lipinski definition) is 4. The number of nitrogens with one attached hydrogen (secondary N) is 1. The van der Waals surface area contributed by atoms with Crippen molar-refractivity contribution >= 4 is 17.3 Å². The summed E-state index contributed by atoms with van der Waals surface area (Å²) >= 11 is 6.05. The number of hydrogen-bond donors (Lipinski definition) is 1. The fourth-order valence-corrected chi connectivity index (χ4v) is 2.04. The van der Waals surface area contributed by atoms with Crippen LogP contribution in [-0.4, -0.2) is 4.92 Å². The molecule has 1 unspecified atom stereocenters. The van der Waals surface area contributed by atoms with Crippen molar-refractivity contribution in [3.63, 3.8) is 0 Å². The summed E-state index contributed by atoms with van der Waals surface area (Å²) in [5.41, 5.74) is 0.726. The van der Waals surface area contributed by atoms with Crippen LogP contribution < -0.4 is 5.32 Å². The van der Waals surface area contributed by atoms with Crippen molar-refractivity contribution in [2.75, 3.05) is 0 Å². The molecular formula is C14H15ClN2O3. The summed E-state index contributed by atoms with van der Waals surface area (Å²) in [5.74, 6) is 1.67. The number of benzene rings is 1. The Hall–Kier alpha value is -1.85. The van der Waals surface area contributed by atoms with Crippen molar-refractivity contribution in [3.05, 3.63) is 62.6 Å². The highest BCUT2D eigenvalue weighted by Crippen LogP contribution is 2.23. The van der Waals surface area contributed by atoms with Gasteiger partial charge in [0.15, 0.2) is 0 Å². The van der Waals surface area contributed by atoms with Gasteiger partial charge in [0.25, 0.3) is 5.69 Å². The van der Waals surface area contributed by atoms with E-state index in [2.05, 4.69) is 5.32 Å². The van der Waals surface area contributed by atoms with Gasteiger partial charge in [0.1, 0.15) is 11.5 Å². The Kier molecular flexibility index (Phi) is 4.42. The number of halogens is 1. The van der Waals surface area contributed by atoms with Crippen LogP contribution in [0.15, 0.2) is 34.7 Å². The lowest BCUT2D eigenvalue weighted by Gasteiger charge is -2.12. The van der Waals surface area contributed by atoms with Gasteiger partial charge in [0.05, 0.1) is 11.0 Å². The topological polar surface area (TPSA) is 68.3 Å². The summed E-state index contributed by atoms with van der Waals surface area (Å²) in [6.45, 7) is 4.28. The third kappa shape index (κ3) is 3.37. The molecule has 0 amide bonds. The van der Waals surface area contributed by atoms with E-state index in [1.165, 1.54) is 12.1 Å². The number of nitro benzene ring substituents is 1. The van der Waals surface area contributed by atoms with Gasteiger partial charge in [0, 0.05) is 23.7 Å². The van der Waals surface area contributed by atoms with Crippen molar-refractivity contribution in [1.82, 2.24) is 5.32 Å². The maximum atomic E-state index is 10.8. The molecule has 0 spiro atoms. The molecule has 1 N–H and O–H groups in total. The zero-order chi connectivity index (χ0) is 14.7. The molecule has 6 heteroatoms. The number of rotatable bonds is 5. The summed E-state index contributed by atoms with van der Waals surface area (Å²) < 4.78 is 5.52. The van der Waals surface area contributed by atoms with E-state index in [4.69, 9.17) is 16.0 Å². The third-order valence-electron chi connectivity index (χ3n) is 3.03. The lowest BCUT2D eigenvalue weighted by molar-refractivity contribution is -0.384. The largest absolute Gasteiger partial charge is 0.465 e. The first kappa shape index (κ1) is 14.6. The first-order chi connectivity index (χ1) is 9.47. The number of furan rings is 1. The smallest absolute Gasteiger partial charge is 0.269 e. The molecular weight excluding hydrogens is 280 g/mol. The van der Waals surface area contributed by atoms with Crippen LogP contribution in [0.5, 0.6) is 0 Å². The Balaban J connectivity index is 2.06. The number of nitro groups is 1. The lowest BCUT2D eigenvalue weighted by Crippen LogP contribution is -2.17. The second kappa shape index (κ2) is 6.07. The zero-order valence-corrected chi connectivity index (χ0v) is 12.0. The predicted molar refractivity (Wildman–Crippen MR) is 76.8 cm³/mol. The van der Waals surface area contributed by atoms with Crippen LogP contribution in [-0.2, 0) is 6.54 Å². The van der Waals surface area contributed by atoms with Gasteiger partial charge < -0.3 is 9.73 Å². The van der Waals surface area contributed by atoms with Gasteiger partial charge in [-0.2, -0.15) is 0 Å². The first-order valence-corrected chi connectivity index (χ1v) is 6.57. The molecule has 0 saturated carbocycles. The summed E-state index contributed by atoms with van der Waals surface area (Å²) in [5, 5.41) is 14.5. The van der Waals surface area contributed by atoms with E-state index in [9.17, 15) is 10.1 Å². The van der Waals surface area contributed by atoms with Gasteiger partial charge in [-0.1, -0.05) is 11.6 Å². The molecule has 1 heterocycles. The molecule has 0 aliphatic heterocycles. The normalized spacial score (nSPS) is 12.3. The summed E-state index contributed by atoms with van der Waals surface area (Å²) in [6, 6.07) is 8.22. The minimum absolute atomic E-state index is 0.000899. The highest BCUT2D eigenvalue weighted by atomic mass is 35.5. The Bertz CT molecular complexity index is 625. The minimum atomic E-state index is -0.431. The molecule has 5 nitrogen and oxygen atoms in total. The third-order valence-corrected chi connectivity index (χ3v) is 3.40. The van der Waals surface area contributed by atoms with E-state index >= 15 is 0 Å². The molecule has 2 rings (SSSR count). The molecule has 0 aliphatic rings. The van der Waals surface area contributed by atoms with Gasteiger partial charge in [-0.3, -0.25) is 10.1 Å². The van der Waals surface area contributed by atoms with E-state index < -0.39 is 4.92 Å². The average molecular weight is 295 g/mol. The summed E-state index contributed by atoms with van der Waals surface area (Å²) in [7, 11) is 0. The van der Waals surface area contributed by atoms with Crippen LogP contribution in [0.4, 0.5) is 5.69 Å². The Labute approximate surface area is 121 Å². The quantitative estimate of drug-likeness (QED) is 0.668. The van der Waals surface area contributed by atoms with Gasteiger partial charge in [-0.05, 0) is 37.6 Å². The molecule has 0 saturated heterocycles. The van der Waals surface area contributed by atoms with E-state index in [-0.39, 0.29) is 11.7 Å². The van der Waals surface area contributed by atoms with Crippen molar-refractivity contribution in [2.45, 2.75) is 26.4 Å². The van der Waals surface area contributed by atoms with Crippen LogP contribution in [0, 0.1) is 17.0 Å². The number of non-ortho nitro benzene ring substituents is 1. The lowest BCUT2D eigenvalue weighted by atomic mass is 10.1. The van der Waals surface area contributed by atoms with Crippen molar-refractivity contribution in [2.24, 2.45) is 0 Å². The second-order valence-electron chi connectivity index (χ2n) is 4.58. The first-order valence-electron chi connectivity index (χ1n) is 6.20. The fourth-order valence-electron chi connectivity index (χ4n) is 1.86.